The van der Waals surface area contributed by atoms with Gasteiger partial charge in [-0.05, 0) is 41.8 Å². The quantitative estimate of drug-likeness (QED) is 0.674. The zero-order valence-corrected chi connectivity index (χ0v) is 14.6. The van der Waals surface area contributed by atoms with Crippen molar-refractivity contribution in [2.24, 2.45) is 0 Å². The molecule has 25 heavy (non-hydrogen) atoms. The van der Waals surface area contributed by atoms with E-state index in [2.05, 4.69) is 4.72 Å². The normalized spacial score (nSPS) is 13.0. The fraction of sp³-hybridized carbons (Fsp3) is 0.176. The topological polar surface area (TPSA) is 59.3 Å². The Morgan fingerprint density at radius 3 is 2.68 bits per heavy atom. The lowest BCUT2D eigenvalue weighted by molar-refractivity contribution is 0.483. The lowest BCUT2D eigenvalue weighted by Crippen LogP contribution is -2.30. The van der Waals surface area contributed by atoms with Crippen molar-refractivity contribution in [2.75, 3.05) is 6.54 Å². The number of rotatable bonds is 7. The molecule has 0 radical (unpaired) electrons. The lowest BCUT2D eigenvalue weighted by Gasteiger charge is -2.14. The van der Waals surface area contributed by atoms with Crippen LogP contribution in [0.2, 0.25) is 0 Å². The van der Waals surface area contributed by atoms with Crippen molar-refractivity contribution in [3.05, 3.63) is 81.9 Å². The molecule has 3 rings (SSSR count). The number of hydrogen-bond donors (Lipinski definition) is 1. The van der Waals surface area contributed by atoms with Gasteiger partial charge in [-0.3, -0.25) is 0 Å². The van der Waals surface area contributed by atoms with Crippen molar-refractivity contribution in [3.8, 4) is 0 Å². The third-order valence-electron chi connectivity index (χ3n) is 3.63. The highest BCUT2D eigenvalue weighted by molar-refractivity contribution is 7.88. The van der Waals surface area contributed by atoms with E-state index in [-0.39, 0.29) is 18.0 Å². The third-order valence-corrected chi connectivity index (χ3v) is 5.92. The molecule has 2 aromatic heterocycles. The number of furan rings is 1. The molecule has 2 heterocycles. The Labute approximate surface area is 148 Å². The molecular weight excluding hydrogens is 368 g/mol. The van der Waals surface area contributed by atoms with Crippen LogP contribution in [-0.4, -0.2) is 15.0 Å². The van der Waals surface area contributed by atoms with E-state index in [1.165, 1.54) is 17.6 Å². The van der Waals surface area contributed by atoms with E-state index < -0.39 is 27.4 Å². The molecular formula is C17H15F2NO3S2. The fourth-order valence-corrected chi connectivity index (χ4v) is 4.43. The molecule has 1 aromatic carbocycles. The van der Waals surface area contributed by atoms with Crippen molar-refractivity contribution in [1.82, 2.24) is 4.72 Å². The Morgan fingerprint density at radius 1 is 1.16 bits per heavy atom. The second-order valence-corrected chi connectivity index (χ2v) is 8.21. The molecule has 1 N–H and O–H groups in total. The van der Waals surface area contributed by atoms with E-state index in [4.69, 9.17) is 4.42 Å². The molecule has 8 heteroatoms. The van der Waals surface area contributed by atoms with Crippen LogP contribution in [0.3, 0.4) is 0 Å². The molecule has 0 aliphatic carbocycles. The van der Waals surface area contributed by atoms with E-state index in [0.29, 0.717) is 5.76 Å². The van der Waals surface area contributed by atoms with Gasteiger partial charge in [0, 0.05) is 17.0 Å². The monoisotopic (exact) mass is 383 g/mol. The summed E-state index contributed by atoms with van der Waals surface area (Å²) in [5.41, 5.74) is -0.210. The summed E-state index contributed by atoms with van der Waals surface area (Å²) in [6.07, 6.45) is 1.52. The van der Waals surface area contributed by atoms with Crippen LogP contribution in [0, 0.1) is 11.6 Å². The third kappa shape index (κ3) is 4.53. The molecule has 0 aliphatic rings. The van der Waals surface area contributed by atoms with Gasteiger partial charge in [0.2, 0.25) is 10.0 Å². The SMILES string of the molecule is O=S(=O)(Cc1cc(F)ccc1F)NCC(c1ccco1)c1cccs1. The van der Waals surface area contributed by atoms with Gasteiger partial charge >= 0.3 is 0 Å². The first-order valence-electron chi connectivity index (χ1n) is 7.43. The smallest absolute Gasteiger partial charge is 0.215 e. The Kier molecular flexibility index (Phi) is 5.31. The Bertz CT molecular complexity index is 889. The molecule has 1 atom stereocenters. The summed E-state index contributed by atoms with van der Waals surface area (Å²) in [6.45, 7) is 0.0628. The number of sulfonamides is 1. The molecule has 4 nitrogen and oxygen atoms in total. The van der Waals surface area contributed by atoms with E-state index >= 15 is 0 Å². The van der Waals surface area contributed by atoms with Crippen LogP contribution in [0.5, 0.6) is 0 Å². The van der Waals surface area contributed by atoms with E-state index in [1.807, 2.05) is 17.5 Å². The largest absolute Gasteiger partial charge is 0.469 e. The van der Waals surface area contributed by atoms with Gasteiger partial charge in [0.15, 0.2) is 0 Å². The van der Waals surface area contributed by atoms with Crippen LogP contribution in [0.4, 0.5) is 8.78 Å². The highest BCUT2D eigenvalue weighted by atomic mass is 32.2. The highest BCUT2D eigenvalue weighted by Gasteiger charge is 2.22. The Balaban J connectivity index is 1.75. The van der Waals surface area contributed by atoms with Gasteiger partial charge in [-0.1, -0.05) is 6.07 Å². The van der Waals surface area contributed by atoms with Crippen molar-refractivity contribution < 1.29 is 21.6 Å². The van der Waals surface area contributed by atoms with Gasteiger partial charge in [-0.25, -0.2) is 21.9 Å². The molecule has 0 amide bonds. The summed E-state index contributed by atoms with van der Waals surface area (Å²) in [6, 6.07) is 10.0. The summed E-state index contributed by atoms with van der Waals surface area (Å²) in [5, 5.41) is 1.89. The minimum Gasteiger partial charge on any atom is -0.469 e. The second kappa shape index (κ2) is 7.47. The highest BCUT2D eigenvalue weighted by Crippen LogP contribution is 2.28. The maximum absolute atomic E-state index is 13.7. The van der Waals surface area contributed by atoms with Crippen LogP contribution >= 0.6 is 11.3 Å². The summed E-state index contributed by atoms with van der Waals surface area (Å²) in [4.78, 5) is 0.939. The average molecular weight is 383 g/mol. The van der Waals surface area contributed by atoms with Crippen LogP contribution in [-0.2, 0) is 15.8 Å². The zero-order chi connectivity index (χ0) is 17.9. The summed E-state index contributed by atoms with van der Waals surface area (Å²) < 4.78 is 59.3. The van der Waals surface area contributed by atoms with Crippen LogP contribution in [0.25, 0.3) is 0 Å². The molecule has 0 fully saturated rings. The van der Waals surface area contributed by atoms with Crippen LogP contribution < -0.4 is 4.72 Å². The number of halogens is 2. The minimum atomic E-state index is -3.84. The maximum atomic E-state index is 13.7. The van der Waals surface area contributed by atoms with Gasteiger partial charge in [0.1, 0.15) is 17.4 Å². The summed E-state index contributed by atoms with van der Waals surface area (Å²) in [5.74, 6) is -1.73. The molecule has 0 saturated carbocycles. The molecule has 0 bridgehead atoms. The average Bonchev–Trinajstić information content (AvgIpc) is 3.25. The predicted molar refractivity (Wildman–Crippen MR) is 91.9 cm³/mol. The molecule has 0 saturated heterocycles. The number of thiophene rings is 1. The van der Waals surface area contributed by atoms with Gasteiger partial charge in [-0.15, -0.1) is 11.3 Å². The predicted octanol–water partition coefficient (Wildman–Crippen LogP) is 3.87. The van der Waals surface area contributed by atoms with Gasteiger partial charge in [-0.2, -0.15) is 0 Å². The standard InChI is InChI=1S/C17H15F2NO3S2/c18-13-5-6-15(19)12(9-13)11-25(21,22)20-10-14(16-3-1-7-23-16)17-4-2-8-24-17/h1-9,14,20H,10-11H2. The molecule has 132 valence electrons. The van der Waals surface area contributed by atoms with Gasteiger partial charge in [0.25, 0.3) is 0 Å². The summed E-state index contributed by atoms with van der Waals surface area (Å²) in [7, 11) is -3.84. The maximum Gasteiger partial charge on any atom is 0.215 e. The van der Waals surface area contributed by atoms with Crippen molar-refractivity contribution in [3.63, 3.8) is 0 Å². The van der Waals surface area contributed by atoms with Gasteiger partial charge < -0.3 is 4.42 Å². The van der Waals surface area contributed by atoms with Crippen LogP contribution in [0.15, 0.2) is 58.5 Å². The van der Waals surface area contributed by atoms with Crippen molar-refractivity contribution in [1.29, 1.82) is 0 Å². The number of hydrogen-bond acceptors (Lipinski definition) is 4. The Morgan fingerprint density at radius 2 is 2.00 bits per heavy atom. The molecule has 3 aromatic rings. The first kappa shape index (κ1) is 17.8. The minimum absolute atomic E-state index is 0.0628. The molecule has 0 aliphatic heterocycles. The zero-order valence-electron chi connectivity index (χ0n) is 13.0. The Hall–Kier alpha value is -2.03. The fourth-order valence-electron chi connectivity index (χ4n) is 2.44. The van der Waals surface area contributed by atoms with E-state index in [0.717, 1.165) is 23.1 Å². The van der Waals surface area contributed by atoms with Crippen molar-refractivity contribution in [2.45, 2.75) is 11.7 Å². The van der Waals surface area contributed by atoms with Gasteiger partial charge in [0.05, 0.1) is 17.9 Å². The second-order valence-electron chi connectivity index (χ2n) is 5.43. The molecule has 1 unspecified atom stereocenters. The number of nitrogens with one attached hydrogen (secondary N) is 1. The number of benzene rings is 1. The first-order chi connectivity index (χ1) is 11.9. The molecule has 0 spiro atoms. The van der Waals surface area contributed by atoms with E-state index in [9.17, 15) is 17.2 Å². The van der Waals surface area contributed by atoms with Crippen molar-refractivity contribution >= 4 is 21.4 Å². The summed E-state index contributed by atoms with van der Waals surface area (Å²) >= 11 is 1.48. The lowest BCUT2D eigenvalue weighted by atomic mass is 10.1. The first-order valence-corrected chi connectivity index (χ1v) is 9.96. The van der Waals surface area contributed by atoms with E-state index in [1.54, 1.807) is 12.1 Å². The van der Waals surface area contributed by atoms with Crippen LogP contribution in [0.1, 0.15) is 22.1 Å².